The molecule has 0 bridgehead atoms. The summed E-state index contributed by atoms with van der Waals surface area (Å²) in [7, 11) is 0. The summed E-state index contributed by atoms with van der Waals surface area (Å²) in [5.41, 5.74) is 0.409. The minimum atomic E-state index is -1.98. The van der Waals surface area contributed by atoms with Crippen LogP contribution in [-0.4, -0.2) is 327 Å². The summed E-state index contributed by atoms with van der Waals surface area (Å²) in [6.45, 7) is 4.00. The molecule has 564 valence electrons. The molecule has 1 aromatic carbocycles. The van der Waals surface area contributed by atoms with Crippen LogP contribution in [0.3, 0.4) is 0 Å². The Hall–Kier alpha value is -6.62. The van der Waals surface area contributed by atoms with Crippen molar-refractivity contribution in [2.24, 2.45) is 0 Å². The molecule has 0 saturated carbocycles. The highest BCUT2D eigenvalue weighted by molar-refractivity contribution is 7.80. The number of aliphatic hydroxyl groups excluding tert-OH is 10. The number of rotatable bonds is 30. The molecule has 5 aliphatic heterocycles. The van der Waals surface area contributed by atoms with Crippen molar-refractivity contribution in [2.75, 3.05) is 59.2 Å². The van der Waals surface area contributed by atoms with Crippen molar-refractivity contribution in [2.45, 2.75) is 222 Å². The average molecular weight is 1460 g/mol. The van der Waals surface area contributed by atoms with Gasteiger partial charge in [-0.2, -0.15) is 0 Å². The van der Waals surface area contributed by atoms with Crippen LogP contribution in [0.5, 0.6) is 0 Å². The van der Waals surface area contributed by atoms with E-state index in [1.54, 1.807) is 0 Å². The lowest BCUT2D eigenvalue weighted by atomic mass is 9.95. The molecule has 0 radical (unpaired) electrons. The van der Waals surface area contributed by atoms with Crippen molar-refractivity contribution in [3.8, 4) is 0 Å². The minimum absolute atomic E-state index is 0.00304. The summed E-state index contributed by atoms with van der Waals surface area (Å²) >= 11 is 5.57. The molecule has 5 aliphatic rings. The average Bonchev–Trinajstić information content (AvgIpc) is 0.768. The zero-order valence-corrected chi connectivity index (χ0v) is 56.4. The summed E-state index contributed by atoms with van der Waals surface area (Å²) < 4.78 is 90.8. The van der Waals surface area contributed by atoms with Crippen LogP contribution in [-0.2, 0) is 121 Å². The van der Waals surface area contributed by atoms with Crippen molar-refractivity contribution in [1.29, 1.82) is 0 Å². The number of nitrogens with one attached hydrogen (secondary N) is 3. The second-order valence-corrected chi connectivity index (χ2v) is 24.0. The predicted molar refractivity (Wildman–Crippen MR) is 326 cm³/mol. The molecule has 0 spiro atoms. The third-order valence-electron chi connectivity index (χ3n) is 15.8. The van der Waals surface area contributed by atoms with Crippen LogP contribution in [0, 0.1) is 0 Å². The largest absolute Gasteiger partial charge is 0.463 e. The van der Waals surface area contributed by atoms with Crippen molar-refractivity contribution >= 4 is 70.9 Å². The highest BCUT2D eigenvalue weighted by Gasteiger charge is 2.58. The molecule has 6 rings (SSSR count). The molecular weight excluding hydrogens is 1370 g/mol. The minimum Gasteiger partial charge on any atom is -0.463 e. The molecule has 100 heavy (non-hydrogen) atoms. The van der Waals surface area contributed by atoms with E-state index >= 15 is 0 Å². The molecule has 5 heterocycles. The van der Waals surface area contributed by atoms with Crippen LogP contribution in [0.25, 0.3) is 0 Å². The third-order valence-corrected chi connectivity index (χ3v) is 16.1. The first-order valence-corrected chi connectivity index (χ1v) is 31.9. The summed E-state index contributed by atoms with van der Waals surface area (Å²) in [6, 6.07) is 5.64. The zero-order chi connectivity index (χ0) is 74.0. The SMILES string of the molecule is CC(=O)OC[C@H]1O[C@@H](O[C@H]2[C@H](OC(C)=O)[C@@H](OC(C)=O)[C@H](NC(=S)NCCO[C@@H]3O[C@H](CN(CCC(=O)NCCO[C@@H]4O[C@@H](C)[C@@H](O)[C@@H](O)[C@@H]4O)C(=O)c4ccc(CO[C@H]5O[C@H](CO)[C@@H](O)[C@H](O)[C@@H]5O)cc4)[C@H](O)[C@H](O)[C@H]3O)O[C@@H]2COC(C)=O)[C@H](OC(C)=O)[C@@H](OC(C)=O)[C@H]1OC(C)=O. The second-order valence-electron chi connectivity index (χ2n) is 23.6. The standard InChI is InChI=1S/C60H88N4O35S/c1-24-39(74)42(77)45(80)56(89-24)84-17-14-61-38(73)13-16-64(55(83)33-11-9-32(10-12-33)21-88-58-47(82)44(79)41(76)35(20-65)97-58)19-34-40(75)43(78)46(81)57(96-34)85-18-15-62-60(100)63-54-52(93-30(7)71)50(91-28(5)69)49(36(95-54)22-86-25(2)66)99-59-53(94-31(8)72)51(92-29(6)70)48(90-27(4)68)37(98-59)23-87-26(3)67/h9-12,24,34-37,39-54,56-59,65,74-82H,13-23H2,1-8H3,(H,61,73)(H2,62,63,100)/t24-,34+,35+,36+,37+,39+,40-,41+,42+,43-,44-,45-,46+,47-,48-,49+,50-,51-,52+,53+,54+,56+,57+,58-,59-/m0/s1. The number of hydrogen-bond acceptors (Lipinski definition) is 36. The first-order valence-electron chi connectivity index (χ1n) is 31.5. The molecule has 13 N–H and O–H groups in total. The molecule has 5 fully saturated rings. The number of nitrogens with zero attached hydrogens (tertiary/aromatic N) is 1. The van der Waals surface area contributed by atoms with Crippen molar-refractivity contribution in [3.63, 3.8) is 0 Å². The Morgan fingerprint density at radius 1 is 0.480 bits per heavy atom. The molecule has 1 aromatic rings. The summed E-state index contributed by atoms with van der Waals surface area (Å²) in [5, 5.41) is 112. The third kappa shape index (κ3) is 23.2. The lowest BCUT2D eigenvalue weighted by Crippen LogP contribution is -2.69. The molecule has 5 saturated heterocycles. The lowest BCUT2D eigenvalue weighted by Gasteiger charge is -2.49. The zero-order valence-electron chi connectivity index (χ0n) is 55.6. The molecule has 0 unspecified atom stereocenters. The van der Waals surface area contributed by atoms with Gasteiger partial charge in [-0.1, -0.05) is 12.1 Å². The Kier molecular flexibility index (Phi) is 31.8. The second kappa shape index (κ2) is 38.6. The highest BCUT2D eigenvalue weighted by atomic mass is 32.1. The molecule has 2 amide bonds. The number of thiocarbonyl (C=S) groups is 1. The van der Waals surface area contributed by atoms with Gasteiger partial charge in [-0.3, -0.25) is 43.2 Å². The van der Waals surface area contributed by atoms with Crippen LogP contribution in [0.1, 0.15) is 77.7 Å². The first-order chi connectivity index (χ1) is 47.2. The first kappa shape index (κ1) is 82.3. The highest BCUT2D eigenvalue weighted by Crippen LogP contribution is 2.36. The van der Waals surface area contributed by atoms with E-state index in [0.29, 0.717) is 5.56 Å². The van der Waals surface area contributed by atoms with Crippen molar-refractivity contribution < 1.29 is 170 Å². The maximum atomic E-state index is 14.4. The number of ether oxygens (including phenoxy) is 16. The van der Waals surface area contributed by atoms with E-state index in [2.05, 4.69) is 16.0 Å². The van der Waals surface area contributed by atoms with Crippen molar-refractivity contribution in [3.05, 3.63) is 35.4 Å². The van der Waals surface area contributed by atoms with Gasteiger partial charge < -0.3 is 148 Å². The van der Waals surface area contributed by atoms with E-state index in [1.807, 2.05) is 0 Å². The molecule has 0 aromatic heterocycles. The maximum Gasteiger partial charge on any atom is 0.303 e. The number of carbonyl (C=O) groups excluding carboxylic acids is 9. The number of aliphatic hydroxyl groups is 10. The molecule has 25 atom stereocenters. The van der Waals surface area contributed by atoms with E-state index in [0.717, 1.165) is 53.4 Å². The van der Waals surface area contributed by atoms with Gasteiger partial charge in [0, 0.05) is 86.6 Å². The Labute approximate surface area is 576 Å². The summed E-state index contributed by atoms with van der Waals surface area (Å²) in [5.74, 6) is -8.04. The van der Waals surface area contributed by atoms with Gasteiger partial charge in [0.25, 0.3) is 5.91 Å². The monoisotopic (exact) mass is 1460 g/mol. The van der Waals surface area contributed by atoms with Crippen LogP contribution < -0.4 is 16.0 Å². The van der Waals surface area contributed by atoms with Gasteiger partial charge >= 0.3 is 41.8 Å². The normalized spacial score (nSPS) is 34.2. The van der Waals surface area contributed by atoms with Gasteiger partial charge in [-0.05, 0) is 36.8 Å². The lowest BCUT2D eigenvalue weighted by molar-refractivity contribution is -0.345. The Morgan fingerprint density at radius 2 is 0.930 bits per heavy atom. The van der Waals surface area contributed by atoms with Gasteiger partial charge in [0.1, 0.15) is 98.7 Å². The summed E-state index contributed by atoms with van der Waals surface area (Å²) in [4.78, 5) is 117. The number of amides is 2. The fraction of sp³-hybridized carbons (Fsp3) is 0.733. The van der Waals surface area contributed by atoms with Gasteiger partial charge in [0.2, 0.25) is 5.91 Å². The van der Waals surface area contributed by atoms with Gasteiger partial charge in [-0.25, -0.2) is 0 Å². The number of esters is 7. The molecule has 0 aliphatic carbocycles. The maximum absolute atomic E-state index is 14.4. The predicted octanol–water partition coefficient (Wildman–Crippen LogP) is -7.30. The van der Waals surface area contributed by atoms with E-state index in [1.165, 1.54) is 31.2 Å². The Balaban J connectivity index is 1.16. The molecule has 39 nitrogen and oxygen atoms in total. The van der Waals surface area contributed by atoms with Gasteiger partial charge in [0.15, 0.2) is 67.0 Å². The number of hydrogen-bond donors (Lipinski definition) is 13. The Morgan fingerprint density at radius 3 is 1.47 bits per heavy atom. The fourth-order valence-electron chi connectivity index (χ4n) is 11.0. The molecular formula is C60H88N4O35S. The van der Waals surface area contributed by atoms with Crippen LogP contribution in [0.2, 0.25) is 0 Å². The van der Waals surface area contributed by atoms with E-state index in [9.17, 15) is 94.2 Å². The van der Waals surface area contributed by atoms with E-state index < -0.39 is 246 Å². The van der Waals surface area contributed by atoms with Crippen LogP contribution in [0.15, 0.2) is 24.3 Å². The van der Waals surface area contributed by atoms with Crippen LogP contribution >= 0.6 is 12.2 Å². The van der Waals surface area contributed by atoms with Crippen LogP contribution in [0.4, 0.5) is 0 Å². The number of carbonyl (C=O) groups is 9. The van der Waals surface area contributed by atoms with Gasteiger partial charge in [-0.15, -0.1) is 0 Å². The van der Waals surface area contributed by atoms with Crippen molar-refractivity contribution in [1.82, 2.24) is 20.9 Å². The summed E-state index contributed by atoms with van der Waals surface area (Å²) in [6.07, 6.45) is -41.4. The quantitative estimate of drug-likeness (QED) is 0.0147. The van der Waals surface area contributed by atoms with Gasteiger partial charge in [0.05, 0.1) is 32.5 Å². The van der Waals surface area contributed by atoms with E-state index in [-0.39, 0.29) is 43.5 Å². The van der Waals surface area contributed by atoms with E-state index in [4.69, 9.17) is 88.0 Å². The topological polar surface area (TPSA) is 543 Å². The Bertz CT molecular complexity index is 2920. The fourth-order valence-corrected chi connectivity index (χ4v) is 11.2. The smallest absolute Gasteiger partial charge is 0.303 e. The number of benzene rings is 1. The molecule has 40 heteroatoms.